The summed E-state index contributed by atoms with van der Waals surface area (Å²) in [5.41, 5.74) is 6.88. The summed E-state index contributed by atoms with van der Waals surface area (Å²) in [5, 5.41) is 0. The smallest absolute Gasteiger partial charge is 0 e. The van der Waals surface area contributed by atoms with E-state index >= 15 is 0 Å². The van der Waals surface area contributed by atoms with Gasteiger partial charge in [-0.25, -0.2) is 0 Å². The average molecular weight is 200 g/mol. The number of nitrogens with zero attached hydrogens (tertiary/aromatic N) is 1. The average Bonchev–Trinajstić information content (AvgIpc) is 1.69. The monoisotopic (exact) mass is 199 g/mol. The Balaban J connectivity index is 0.000000490. The van der Waals surface area contributed by atoms with Crippen molar-refractivity contribution >= 4 is 5.82 Å². The molecular formula is C5H5N2Pd-. The zero-order valence-corrected chi connectivity index (χ0v) is 5.63. The first-order chi connectivity index (χ1) is 3.39. The Bertz CT molecular complexity index is 140. The van der Waals surface area contributed by atoms with Gasteiger partial charge in [-0.1, -0.05) is 30.2 Å². The maximum absolute atomic E-state index is 6.88. The van der Waals surface area contributed by atoms with E-state index < -0.39 is 0 Å². The van der Waals surface area contributed by atoms with E-state index in [1.807, 2.05) is 0 Å². The third-order valence-corrected chi connectivity index (χ3v) is 0.665. The Morgan fingerprint density at radius 3 is 2.38 bits per heavy atom. The van der Waals surface area contributed by atoms with Gasteiger partial charge in [-0.3, -0.25) is 0 Å². The second kappa shape index (κ2) is 3.59. The van der Waals surface area contributed by atoms with Crippen LogP contribution in [0.5, 0.6) is 0 Å². The SMILES string of the molecule is [NH-]c1ccccn1.[Pd]. The molecule has 0 fully saturated rings. The Labute approximate surface area is 61.8 Å². The van der Waals surface area contributed by atoms with Crippen molar-refractivity contribution in [2.75, 3.05) is 0 Å². The van der Waals surface area contributed by atoms with Crippen LogP contribution in [0.3, 0.4) is 0 Å². The van der Waals surface area contributed by atoms with Crippen molar-refractivity contribution < 1.29 is 20.4 Å². The first-order valence-corrected chi connectivity index (χ1v) is 2.02. The van der Waals surface area contributed by atoms with E-state index in [2.05, 4.69) is 4.98 Å². The molecule has 0 amide bonds. The fraction of sp³-hybridized carbons (Fsp3) is 0. The first-order valence-electron chi connectivity index (χ1n) is 2.02. The molecular weight excluding hydrogens is 194 g/mol. The molecule has 1 rings (SSSR count). The molecule has 0 atom stereocenters. The number of pyridine rings is 1. The second-order valence-corrected chi connectivity index (χ2v) is 1.21. The second-order valence-electron chi connectivity index (χ2n) is 1.21. The largest absolute Gasteiger partial charge is 0.482 e. The molecule has 8 heavy (non-hydrogen) atoms. The van der Waals surface area contributed by atoms with E-state index in [1.54, 1.807) is 24.4 Å². The summed E-state index contributed by atoms with van der Waals surface area (Å²) in [5.74, 6) is 0.322. The van der Waals surface area contributed by atoms with Crippen molar-refractivity contribution in [2.24, 2.45) is 0 Å². The predicted molar refractivity (Wildman–Crippen MR) is 28.2 cm³/mol. The number of rotatable bonds is 0. The van der Waals surface area contributed by atoms with E-state index in [-0.39, 0.29) is 20.4 Å². The number of hydrogen-bond acceptors (Lipinski definition) is 1. The molecule has 0 bridgehead atoms. The van der Waals surface area contributed by atoms with Gasteiger partial charge in [0.1, 0.15) is 0 Å². The summed E-state index contributed by atoms with van der Waals surface area (Å²) < 4.78 is 0. The normalized spacial score (nSPS) is 7.50. The molecule has 1 aromatic rings. The van der Waals surface area contributed by atoms with Crippen LogP contribution < -0.4 is 0 Å². The number of nitrogens with one attached hydrogen (secondary N) is 1. The summed E-state index contributed by atoms with van der Waals surface area (Å²) in [6, 6.07) is 5.22. The van der Waals surface area contributed by atoms with E-state index in [0.29, 0.717) is 5.82 Å². The van der Waals surface area contributed by atoms with Crippen LogP contribution in [0.2, 0.25) is 0 Å². The van der Waals surface area contributed by atoms with Gasteiger partial charge in [0.2, 0.25) is 0 Å². The molecule has 1 aromatic heterocycles. The Hall–Kier alpha value is -0.388. The van der Waals surface area contributed by atoms with Gasteiger partial charge in [0, 0.05) is 20.4 Å². The van der Waals surface area contributed by atoms with Crippen molar-refractivity contribution in [3.05, 3.63) is 30.1 Å². The molecule has 2 nitrogen and oxygen atoms in total. The van der Waals surface area contributed by atoms with Gasteiger partial charge in [0.05, 0.1) is 0 Å². The van der Waals surface area contributed by atoms with Gasteiger partial charge in [0.15, 0.2) is 0 Å². The fourth-order valence-corrected chi connectivity index (χ4v) is 0.363. The molecule has 46 valence electrons. The molecule has 0 saturated carbocycles. The molecule has 0 spiro atoms. The van der Waals surface area contributed by atoms with Gasteiger partial charge in [-0.05, 0) is 0 Å². The molecule has 0 saturated heterocycles. The molecule has 0 aromatic carbocycles. The zero-order valence-electron chi connectivity index (χ0n) is 4.07. The Kier molecular flexibility index (Phi) is 3.42. The van der Waals surface area contributed by atoms with Crippen LogP contribution in [0.25, 0.3) is 5.73 Å². The van der Waals surface area contributed by atoms with Crippen LogP contribution in [0, 0.1) is 0 Å². The third kappa shape index (κ3) is 2.06. The van der Waals surface area contributed by atoms with Crippen LogP contribution in [0.4, 0.5) is 5.82 Å². The molecule has 0 unspecified atom stereocenters. The van der Waals surface area contributed by atoms with Crippen molar-refractivity contribution in [1.29, 1.82) is 0 Å². The molecule has 0 radical (unpaired) electrons. The minimum Gasteiger partial charge on any atom is -0.482 e. The van der Waals surface area contributed by atoms with Gasteiger partial charge in [-0.15, -0.1) is 0 Å². The van der Waals surface area contributed by atoms with E-state index in [9.17, 15) is 0 Å². The maximum Gasteiger partial charge on any atom is 0 e. The summed E-state index contributed by atoms with van der Waals surface area (Å²) in [7, 11) is 0. The van der Waals surface area contributed by atoms with Gasteiger partial charge in [-0.2, -0.15) is 0 Å². The van der Waals surface area contributed by atoms with E-state index in [4.69, 9.17) is 5.73 Å². The molecule has 0 aliphatic rings. The van der Waals surface area contributed by atoms with Crippen molar-refractivity contribution in [3.63, 3.8) is 0 Å². The molecule has 1 heterocycles. The number of hydrogen-bond donors (Lipinski definition) is 0. The summed E-state index contributed by atoms with van der Waals surface area (Å²) in [6.07, 6.45) is 1.60. The Morgan fingerprint density at radius 1 is 1.38 bits per heavy atom. The number of aromatic nitrogens is 1. The first kappa shape index (κ1) is 7.61. The topological polar surface area (TPSA) is 36.7 Å². The minimum atomic E-state index is 0. The van der Waals surface area contributed by atoms with Crippen LogP contribution in [-0.2, 0) is 20.4 Å². The minimum absolute atomic E-state index is 0. The quantitative estimate of drug-likeness (QED) is 0.587. The standard InChI is InChI=1S/C5H5N2.Pd/c6-5-3-1-2-4-7-5;/h1-4H,(H-,6,7);/q-1;. The predicted octanol–water partition coefficient (Wildman–Crippen LogP) is 1.76. The fourth-order valence-electron chi connectivity index (χ4n) is 0.363. The van der Waals surface area contributed by atoms with Crippen molar-refractivity contribution in [1.82, 2.24) is 4.98 Å². The van der Waals surface area contributed by atoms with Crippen molar-refractivity contribution in [3.8, 4) is 0 Å². The zero-order chi connectivity index (χ0) is 5.11. The molecule has 0 aliphatic heterocycles. The van der Waals surface area contributed by atoms with Crippen LogP contribution in [0.1, 0.15) is 0 Å². The van der Waals surface area contributed by atoms with Gasteiger partial charge in [0.25, 0.3) is 0 Å². The Morgan fingerprint density at radius 2 is 2.12 bits per heavy atom. The summed E-state index contributed by atoms with van der Waals surface area (Å²) in [4.78, 5) is 3.65. The molecule has 3 heteroatoms. The van der Waals surface area contributed by atoms with E-state index in [1.165, 1.54) is 0 Å². The van der Waals surface area contributed by atoms with Crippen LogP contribution >= 0.6 is 0 Å². The maximum atomic E-state index is 6.88. The van der Waals surface area contributed by atoms with E-state index in [0.717, 1.165) is 0 Å². The van der Waals surface area contributed by atoms with Crippen LogP contribution in [0.15, 0.2) is 24.4 Å². The molecule has 1 N–H and O–H groups in total. The van der Waals surface area contributed by atoms with Gasteiger partial charge >= 0.3 is 0 Å². The van der Waals surface area contributed by atoms with Crippen molar-refractivity contribution in [2.45, 2.75) is 0 Å². The third-order valence-electron chi connectivity index (χ3n) is 0.665. The van der Waals surface area contributed by atoms with Gasteiger partial charge < -0.3 is 10.7 Å². The summed E-state index contributed by atoms with van der Waals surface area (Å²) >= 11 is 0. The summed E-state index contributed by atoms with van der Waals surface area (Å²) in [6.45, 7) is 0. The molecule has 0 aliphatic carbocycles. The van der Waals surface area contributed by atoms with Crippen LogP contribution in [-0.4, -0.2) is 4.98 Å².